The molecule has 4 aromatic rings. The number of aliphatic hydroxyl groups excluding tert-OH is 1. The van der Waals surface area contributed by atoms with Crippen LogP contribution in [0.5, 0.6) is 11.5 Å². The van der Waals surface area contributed by atoms with Gasteiger partial charge >= 0.3 is 6.09 Å². The smallest absolute Gasteiger partial charge is 0.407 e. The molecule has 4 aliphatic rings. The Labute approximate surface area is 391 Å². The molecule has 5 N–H and O–H groups in total. The van der Waals surface area contributed by atoms with Crippen molar-refractivity contribution in [3.8, 4) is 11.5 Å². The predicted molar refractivity (Wildman–Crippen MR) is 253 cm³/mol. The summed E-state index contributed by atoms with van der Waals surface area (Å²) >= 11 is 0. The van der Waals surface area contributed by atoms with Crippen LogP contribution in [0.3, 0.4) is 0 Å². The highest BCUT2D eigenvalue weighted by molar-refractivity contribution is 6.26. The number of aldehydes is 1. The van der Waals surface area contributed by atoms with E-state index in [0.717, 1.165) is 95.3 Å². The second kappa shape index (κ2) is 21.5. The van der Waals surface area contributed by atoms with E-state index in [0.29, 0.717) is 77.2 Å². The topological polar surface area (TPSA) is 196 Å². The molecule has 3 heterocycles. The lowest BCUT2D eigenvalue weighted by molar-refractivity contribution is -0.133. The summed E-state index contributed by atoms with van der Waals surface area (Å²) in [5.41, 5.74) is 7.90. The average molecular weight is 926 g/mol. The molecule has 2 amide bonds. The molecule has 0 radical (unpaired) electrons. The molecule has 0 bridgehead atoms. The third-order valence-corrected chi connectivity index (χ3v) is 15.0. The maximum absolute atomic E-state index is 14.6. The van der Waals surface area contributed by atoms with Crippen molar-refractivity contribution >= 4 is 57.0 Å². The van der Waals surface area contributed by atoms with Crippen LogP contribution in [0.15, 0.2) is 53.0 Å². The molecule has 0 spiro atoms. The SMILES string of the molecule is COc1ccc2c(c1)oc1c(O[C@@H]3C[C@@H](C(N)=O)N(C(C)[C@H](CCCCC/C=C\C4(C)CC4C(O)NCCCCC(C(=O)C=O)C4CC4)NC(=O)OC4CCCC4)C3)c3ccc(F)cc3nc12. The number of pyridine rings is 1. The first kappa shape index (κ1) is 48.3. The van der Waals surface area contributed by atoms with Gasteiger partial charge in [-0.25, -0.2) is 14.2 Å². The van der Waals surface area contributed by atoms with Gasteiger partial charge in [-0.1, -0.05) is 38.3 Å². The first-order valence-electron chi connectivity index (χ1n) is 24.6. The van der Waals surface area contributed by atoms with Crippen molar-refractivity contribution in [3.63, 3.8) is 0 Å². The second-order valence-corrected chi connectivity index (χ2v) is 19.9. The Hall–Kier alpha value is -5.12. The van der Waals surface area contributed by atoms with Crippen molar-refractivity contribution in [1.29, 1.82) is 0 Å². The third kappa shape index (κ3) is 11.6. The van der Waals surface area contributed by atoms with Gasteiger partial charge in [0, 0.05) is 59.8 Å². The zero-order valence-electron chi connectivity index (χ0n) is 39.2. The maximum atomic E-state index is 14.6. The Morgan fingerprint density at radius 1 is 1.03 bits per heavy atom. The number of alkyl carbamates (subject to hydrolysis) is 1. The number of primary amides is 1. The molecule has 2 aromatic heterocycles. The van der Waals surface area contributed by atoms with Gasteiger partial charge < -0.3 is 34.8 Å². The largest absolute Gasteiger partial charge is 0.497 e. The van der Waals surface area contributed by atoms with Gasteiger partial charge in [0.25, 0.3) is 0 Å². The van der Waals surface area contributed by atoms with Crippen LogP contribution in [0.25, 0.3) is 33.0 Å². The van der Waals surface area contributed by atoms with E-state index >= 15 is 0 Å². The monoisotopic (exact) mass is 926 g/mol. The summed E-state index contributed by atoms with van der Waals surface area (Å²) in [6.07, 6.45) is 17.0. The summed E-state index contributed by atoms with van der Waals surface area (Å²) in [4.78, 5) is 56.3. The molecule has 15 heteroatoms. The Bertz CT molecular complexity index is 2430. The highest BCUT2D eigenvalue weighted by Gasteiger charge is 2.51. The lowest BCUT2D eigenvalue weighted by Gasteiger charge is -2.35. The lowest BCUT2D eigenvalue weighted by atomic mass is 9.93. The van der Waals surface area contributed by atoms with Gasteiger partial charge in [0.2, 0.25) is 5.91 Å². The first-order valence-corrected chi connectivity index (χ1v) is 24.6. The molecule has 3 saturated carbocycles. The number of halogens is 1. The molecule has 362 valence electrons. The number of ketones is 1. The van der Waals surface area contributed by atoms with Gasteiger partial charge in [-0.05, 0) is 126 Å². The number of carbonyl (C=O) groups excluding carboxylic acids is 4. The van der Waals surface area contributed by atoms with E-state index in [1.54, 1.807) is 19.2 Å². The highest BCUT2D eigenvalue weighted by atomic mass is 19.1. The number of amides is 2. The number of carbonyl (C=O) groups is 4. The summed E-state index contributed by atoms with van der Waals surface area (Å²) in [7, 11) is 1.58. The van der Waals surface area contributed by atoms with Gasteiger partial charge in [-0.2, -0.15) is 0 Å². The number of nitrogens with two attached hydrogens (primary N) is 1. The van der Waals surface area contributed by atoms with E-state index in [9.17, 15) is 28.7 Å². The fourth-order valence-corrected chi connectivity index (χ4v) is 10.7. The van der Waals surface area contributed by atoms with Crippen LogP contribution in [0.2, 0.25) is 0 Å². The number of rotatable bonds is 25. The minimum Gasteiger partial charge on any atom is -0.497 e. The number of likely N-dealkylation sites (tertiary alicyclic amines) is 1. The summed E-state index contributed by atoms with van der Waals surface area (Å²) in [6, 6.07) is 8.46. The molecule has 1 saturated heterocycles. The van der Waals surface area contributed by atoms with Gasteiger partial charge in [-0.3, -0.25) is 24.6 Å². The van der Waals surface area contributed by atoms with Crippen molar-refractivity contribution in [1.82, 2.24) is 20.5 Å². The number of hydrogen-bond acceptors (Lipinski definition) is 12. The number of nitrogens with zero attached hydrogens (tertiary/aromatic N) is 2. The van der Waals surface area contributed by atoms with Gasteiger partial charge in [0.1, 0.15) is 41.1 Å². The Kier molecular flexibility index (Phi) is 15.5. The molecular weight excluding hydrogens is 858 g/mol. The van der Waals surface area contributed by atoms with Crippen LogP contribution in [0, 0.1) is 29.0 Å². The van der Waals surface area contributed by atoms with Crippen LogP contribution in [0.4, 0.5) is 9.18 Å². The average Bonchev–Trinajstić information content (AvgIpc) is 4.08. The van der Waals surface area contributed by atoms with Gasteiger partial charge in [0.15, 0.2) is 23.4 Å². The molecule has 2 aromatic carbocycles. The number of nitrogens with one attached hydrogen (secondary N) is 2. The Balaban J connectivity index is 0.865. The quantitative estimate of drug-likeness (QED) is 0.0163. The minimum atomic E-state index is -0.673. The third-order valence-electron chi connectivity index (χ3n) is 15.0. The summed E-state index contributed by atoms with van der Waals surface area (Å²) in [5, 5.41) is 18.6. The van der Waals surface area contributed by atoms with E-state index < -0.39 is 36.2 Å². The predicted octanol–water partition coefficient (Wildman–Crippen LogP) is 8.42. The highest BCUT2D eigenvalue weighted by Crippen LogP contribution is 2.55. The molecular formula is C52H68FN5O9. The van der Waals surface area contributed by atoms with E-state index in [2.05, 4.69) is 29.7 Å². The molecule has 3 aliphatic carbocycles. The number of methoxy groups -OCH3 is 1. The van der Waals surface area contributed by atoms with Crippen molar-refractivity contribution in [2.75, 3.05) is 20.2 Å². The van der Waals surface area contributed by atoms with Crippen LogP contribution >= 0.6 is 0 Å². The van der Waals surface area contributed by atoms with E-state index in [-0.39, 0.29) is 41.2 Å². The zero-order valence-corrected chi connectivity index (χ0v) is 39.2. The first-order chi connectivity index (χ1) is 32.3. The lowest BCUT2D eigenvalue weighted by Crippen LogP contribution is -2.54. The molecule has 14 nitrogen and oxygen atoms in total. The van der Waals surface area contributed by atoms with Crippen molar-refractivity contribution in [2.24, 2.45) is 28.9 Å². The number of aromatic nitrogens is 1. The zero-order chi connectivity index (χ0) is 47.2. The van der Waals surface area contributed by atoms with Crippen molar-refractivity contribution in [3.05, 3.63) is 54.4 Å². The molecule has 4 fully saturated rings. The maximum Gasteiger partial charge on any atom is 0.407 e. The number of fused-ring (bicyclic) bond motifs is 4. The summed E-state index contributed by atoms with van der Waals surface area (Å²) in [5.74, 6) is 0.202. The standard InChI is InChI=1S/C52H68FN5O9/c1-31(58-29-36(26-43(58)49(54)61)65-47-38-21-19-33(53)25-42(38)56-46-39-22-20-35(64-3)27-45(39)67-48(46)47)41(57-51(63)66-34-13-8-9-14-34)16-7-5-4-6-11-23-52(2)28-40(52)50(62)55-24-12-10-15-37(32-17-18-32)44(60)30-59/h11,19-23,25,27,30-32,34,36-37,40-41,43,50,55,62H,4-10,12-18,24,26,28-29H2,1-3H3,(H2,54,61)(H,57,63)/b23-11-/t31?,36-,37?,40?,41+,43+,50?,52?/m1/s1. The van der Waals surface area contributed by atoms with E-state index in [1.807, 2.05) is 24.0 Å². The molecule has 8 rings (SSSR count). The number of hydrogen-bond donors (Lipinski definition) is 4. The molecule has 8 atom stereocenters. The van der Waals surface area contributed by atoms with Crippen molar-refractivity contribution < 1.29 is 47.3 Å². The number of allylic oxidation sites excluding steroid dienone is 2. The minimum absolute atomic E-state index is 0.0626. The fourth-order valence-electron chi connectivity index (χ4n) is 10.7. The molecule has 1 aliphatic heterocycles. The van der Waals surface area contributed by atoms with Crippen molar-refractivity contribution in [2.45, 2.75) is 153 Å². The Morgan fingerprint density at radius 3 is 2.55 bits per heavy atom. The van der Waals surface area contributed by atoms with Crippen LogP contribution in [-0.2, 0) is 19.1 Å². The molecule has 67 heavy (non-hydrogen) atoms. The van der Waals surface area contributed by atoms with Gasteiger partial charge in [0.05, 0.1) is 18.7 Å². The van der Waals surface area contributed by atoms with Crippen LogP contribution in [-0.4, -0.2) is 95.8 Å². The van der Waals surface area contributed by atoms with Gasteiger partial charge in [-0.15, -0.1) is 0 Å². The van der Waals surface area contributed by atoms with E-state index in [1.165, 1.54) is 12.1 Å². The number of ether oxygens (including phenoxy) is 3. The number of benzene rings is 2. The normalized spacial score (nSPS) is 24.0. The summed E-state index contributed by atoms with van der Waals surface area (Å²) in [6.45, 7) is 5.19. The fraction of sp³-hybridized carbons (Fsp3) is 0.596. The second-order valence-electron chi connectivity index (χ2n) is 19.9. The molecule has 5 unspecified atom stereocenters. The number of Topliss-reactive ketones (excluding diaryl/α,β-unsaturated/α-hetero) is 1. The number of aliphatic hydroxyl groups is 1. The summed E-state index contributed by atoms with van der Waals surface area (Å²) < 4.78 is 39.0. The van der Waals surface area contributed by atoms with E-state index in [4.69, 9.17) is 29.3 Å². The van der Waals surface area contributed by atoms with Crippen LogP contribution < -0.4 is 25.8 Å². The number of unbranched alkanes of at least 4 members (excludes halogenated alkanes) is 4. The van der Waals surface area contributed by atoms with Crippen LogP contribution in [0.1, 0.15) is 117 Å². The Morgan fingerprint density at radius 2 is 1.81 bits per heavy atom. The number of furan rings is 1.